The summed E-state index contributed by atoms with van der Waals surface area (Å²) < 4.78 is 10.4. The van der Waals surface area contributed by atoms with E-state index in [1.165, 1.54) is 12.8 Å². The first-order valence-corrected chi connectivity index (χ1v) is 7.42. The maximum atomic E-state index is 12.1. The lowest BCUT2D eigenvalue weighted by atomic mass is 9.87. The van der Waals surface area contributed by atoms with Gasteiger partial charge >= 0.3 is 6.03 Å². The Morgan fingerprint density at radius 1 is 1.14 bits per heavy atom. The molecule has 1 aliphatic rings. The number of hydrogen-bond acceptors (Lipinski definition) is 3. The Morgan fingerprint density at radius 3 is 2.48 bits per heavy atom. The smallest absolute Gasteiger partial charge is 0.319 e. The van der Waals surface area contributed by atoms with Crippen molar-refractivity contribution in [2.24, 2.45) is 5.92 Å². The summed E-state index contributed by atoms with van der Waals surface area (Å²) in [6.07, 6.45) is 4.44. The first-order valence-electron chi connectivity index (χ1n) is 7.42. The predicted octanol–water partition coefficient (Wildman–Crippen LogP) is 3.40. The SMILES string of the molecule is COc1ccc(OC)c(NC(=O)NC2CCC(C)CC2)c1. The standard InChI is InChI=1S/C16H24N2O3/c1-11-4-6-12(7-5-11)17-16(19)18-14-10-13(20-2)8-9-15(14)21-3/h8-12H,4-7H2,1-3H3,(H2,17,18,19). The highest BCUT2D eigenvalue weighted by Gasteiger charge is 2.20. The molecule has 1 aromatic carbocycles. The van der Waals surface area contributed by atoms with Crippen molar-refractivity contribution in [3.63, 3.8) is 0 Å². The van der Waals surface area contributed by atoms with Crippen LogP contribution in [-0.2, 0) is 0 Å². The molecule has 116 valence electrons. The quantitative estimate of drug-likeness (QED) is 0.894. The maximum Gasteiger partial charge on any atom is 0.319 e. The summed E-state index contributed by atoms with van der Waals surface area (Å²) >= 11 is 0. The minimum Gasteiger partial charge on any atom is -0.497 e. The van der Waals surface area contributed by atoms with Gasteiger partial charge in [0.2, 0.25) is 0 Å². The Balaban J connectivity index is 1.95. The monoisotopic (exact) mass is 292 g/mol. The number of methoxy groups -OCH3 is 2. The van der Waals surface area contributed by atoms with Crippen LogP contribution in [0.3, 0.4) is 0 Å². The van der Waals surface area contributed by atoms with Crippen LogP contribution in [0.4, 0.5) is 10.5 Å². The van der Waals surface area contributed by atoms with Crippen molar-refractivity contribution in [3.8, 4) is 11.5 Å². The maximum absolute atomic E-state index is 12.1. The molecule has 0 aliphatic heterocycles. The fourth-order valence-corrected chi connectivity index (χ4v) is 2.66. The first kappa shape index (κ1) is 15.5. The molecule has 1 saturated carbocycles. The Bertz CT molecular complexity index is 482. The van der Waals surface area contributed by atoms with Crippen molar-refractivity contribution in [2.75, 3.05) is 19.5 Å². The van der Waals surface area contributed by atoms with Gasteiger partial charge in [0.05, 0.1) is 19.9 Å². The second-order valence-corrected chi connectivity index (χ2v) is 5.62. The molecule has 2 N–H and O–H groups in total. The van der Waals surface area contributed by atoms with E-state index in [0.29, 0.717) is 17.2 Å². The van der Waals surface area contributed by atoms with E-state index in [2.05, 4.69) is 17.6 Å². The van der Waals surface area contributed by atoms with E-state index in [-0.39, 0.29) is 12.1 Å². The third kappa shape index (κ3) is 4.28. The number of anilines is 1. The zero-order valence-electron chi connectivity index (χ0n) is 12.9. The summed E-state index contributed by atoms with van der Waals surface area (Å²) in [7, 11) is 3.17. The van der Waals surface area contributed by atoms with Crippen LogP contribution in [0.5, 0.6) is 11.5 Å². The predicted molar refractivity (Wildman–Crippen MR) is 83.1 cm³/mol. The zero-order chi connectivity index (χ0) is 15.2. The van der Waals surface area contributed by atoms with Gasteiger partial charge in [-0.3, -0.25) is 0 Å². The largest absolute Gasteiger partial charge is 0.497 e. The molecule has 21 heavy (non-hydrogen) atoms. The fraction of sp³-hybridized carbons (Fsp3) is 0.562. The Hall–Kier alpha value is -1.91. The molecule has 0 atom stereocenters. The van der Waals surface area contributed by atoms with Crippen LogP contribution in [0.25, 0.3) is 0 Å². The van der Waals surface area contributed by atoms with Crippen LogP contribution in [0, 0.1) is 5.92 Å². The van der Waals surface area contributed by atoms with E-state index in [0.717, 1.165) is 18.8 Å². The molecule has 5 heteroatoms. The average molecular weight is 292 g/mol. The third-order valence-corrected chi connectivity index (χ3v) is 4.01. The van der Waals surface area contributed by atoms with Crippen molar-refractivity contribution in [1.82, 2.24) is 5.32 Å². The lowest BCUT2D eigenvalue weighted by Crippen LogP contribution is -2.40. The molecule has 0 radical (unpaired) electrons. The highest BCUT2D eigenvalue weighted by atomic mass is 16.5. The summed E-state index contributed by atoms with van der Waals surface area (Å²) in [5.74, 6) is 2.06. The average Bonchev–Trinajstić information content (AvgIpc) is 2.49. The van der Waals surface area contributed by atoms with Crippen molar-refractivity contribution in [2.45, 2.75) is 38.6 Å². The summed E-state index contributed by atoms with van der Waals surface area (Å²) in [5, 5.41) is 5.87. The number of carbonyl (C=O) groups is 1. The van der Waals surface area contributed by atoms with Gasteiger partial charge < -0.3 is 20.1 Å². The Kier molecular flexibility index (Phi) is 5.31. The zero-order valence-corrected chi connectivity index (χ0v) is 12.9. The van der Waals surface area contributed by atoms with Crippen molar-refractivity contribution in [3.05, 3.63) is 18.2 Å². The van der Waals surface area contributed by atoms with Gasteiger partial charge in [-0.15, -0.1) is 0 Å². The first-order chi connectivity index (χ1) is 10.1. The molecule has 2 amide bonds. The molecule has 0 unspecified atom stereocenters. The molecule has 0 aromatic heterocycles. The van der Waals surface area contributed by atoms with Gasteiger partial charge in [-0.05, 0) is 43.7 Å². The molecular formula is C16H24N2O3. The van der Waals surface area contributed by atoms with E-state index in [9.17, 15) is 4.79 Å². The number of benzene rings is 1. The van der Waals surface area contributed by atoms with Crippen molar-refractivity contribution < 1.29 is 14.3 Å². The third-order valence-electron chi connectivity index (χ3n) is 4.01. The van der Waals surface area contributed by atoms with Crippen molar-refractivity contribution in [1.29, 1.82) is 0 Å². The molecule has 0 bridgehead atoms. The van der Waals surface area contributed by atoms with Gasteiger partial charge in [0.1, 0.15) is 11.5 Å². The molecule has 2 rings (SSSR count). The summed E-state index contributed by atoms with van der Waals surface area (Å²) in [4.78, 5) is 12.1. The molecule has 0 spiro atoms. The van der Waals surface area contributed by atoms with Crippen LogP contribution in [0.2, 0.25) is 0 Å². The molecule has 5 nitrogen and oxygen atoms in total. The Labute approximate surface area is 126 Å². The van der Waals surface area contributed by atoms with Gasteiger partial charge in [-0.1, -0.05) is 6.92 Å². The van der Waals surface area contributed by atoms with Crippen LogP contribution < -0.4 is 20.1 Å². The van der Waals surface area contributed by atoms with Gasteiger partial charge in [0.15, 0.2) is 0 Å². The summed E-state index contributed by atoms with van der Waals surface area (Å²) in [6, 6.07) is 5.39. The topological polar surface area (TPSA) is 59.6 Å². The van der Waals surface area contributed by atoms with Gasteiger partial charge in [0.25, 0.3) is 0 Å². The van der Waals surface area contributed by atoms with E-state index in [4.69, 9.17) is 9.47 Å². The van der Waals surface area contributed by atoms with E-state index < -0.39 is 0 Å². The number of carbonyl (C=O) groups excluding carboxylic acids is 1. The van der Waals surface area contributed by atoms with Gasteiger partial charge in [-0.25, -0.2) is 4.79 Å². The number of nitrogens with one attached hydrogen (secondary N) is 2. The molecule has 1 fully saturated rings. The summed E-state index contributed by atoms with van der Waals surface area (Å²) in [6.45, 7) is 2.26. The number of hydrogen-bond donors (Lipinski definition) is 2. The van der Waals surface area contributed by atoms with E-state index >= 15 is 0 Å². The number of rotatable bonds is 4. The molecule has 0 saturated heterocycles. The van der Waals surface area contributed by atoms with Crippen LogP contribution in [0.1, 0.15) is 32.6 Å². The van der Waals surface area contributed by atoms with E-state index in [1.54, 1.807) is 32.4 Å². The molecule has 1 aromatic rings. The molecule has 1 aliphatic carbocycles. The second-order valence-electron chi connectivity index (χ2n) is 5.62. The number of amides is 2. The second kappa shape index (κ2) is 7.20. The van der Waals surface area contributed by atoms with Crippen molar-refractivity contribution >= 4 is 11.7 Å². The minimum absolute atomic E-state index is 0.193. The van der Waals surface area contributed by atoms with Crippen LogP contribution in [0.15, 0.2) is 18.2 Å². The van der Waals surface area contributed by atoms with Gasteiger partial charge in [0, 0.05) is 12.1 Å². The van der Waals surface area contributed by atoms with Crippen LogP contribution >= 0.6 is 0 Å². The lowest BCUT2D eigenvalue weighted by Gasteiger charge is -2.27. The lowest BCUT2D eigenvalue weighted by molar-refractivity contribution is 0.239. The van der Waals surface area contributed by atoms with Crippen LogP contribution in [-0.4, -0.2) is 26.3 Å². The minimum atomic E-state index is -0.193. The number of urea groups is 1. The summed E-state index contributed by atoms with van der Waals surface area (Å²) in [5.41, 5.74) is 0.610. The fourth-order valence-electron chi connectivity index (χ4n) is 2.66. The highest BCUT2D eigenvalue weighted by Crippen LogP contribution is 2.29. The Morgan fingerprint density at radius 2 is 1.86 bits per heavy atom. The van der Waals surface area contributed by atoms with E-state index in [1.807, 2.05) is 0 Å². The normalized spacial score (nSPS) is 21.5. The highest BCUT2D eigenvalue weighted by molar-refractivity contribution is 5.91. The van der Waals surface area contributed by atoms with Gasteiger partial charge in [-0.2, -0.15) is 0 Å². The molecule has 0 heterocycles. The molecular weight excluding hydrogens is 268 g/mol. The number of ether oxygens (including phenoxy) is 2.